The van der Waals surface area contributed by atoms with E-state index < -0.39 is 15.1 Å². The monoisotopic (exact) mass is 258 g/mol. The molecule has 0 bridgehead atoms. The average Bonchev–Trinajstić information content (AvgIpc) is 2.27. The van der Waals surface area contributed by atoms with Crippen molar-refractivity contribution in [2.75, 3.05) is 5.75 Å². The Morgan fingerprint density at radius 2 is 1.82 bits per heavy atom. The molecule has 1 saturated heterocycles. The summed E-state index contributed by atoms with van der Waals surface area (Å²) in [7, 11) is -3.14. The highest BCUT2D eigenvalue weighted by Gasteiger charge is 2.39. The third kappa shape index (κ3) is 2.90. The van der Waals surface area contributed by atoms with Gasteiger partial charge >= 0.3 is 0 Å². The number of rotatable bonds is 2. The Bertz CT molecular complexity index is 385. The normalized spacial score (nSPS) is 37.6. The lowest BCUT2D eigenvalue weighted by Crippen LogP contribution is -2.40. The first kappa shape index (κ1) is 13.1. The van der Waals surface area contributed by atoms with E-state index >= 15 is 0 Å². The Morgan fingerprint density at radius 1 is 1.06 bits per heavy atom. The second-order valence-electron chi connectivity index (χ2n) is 5.72. The maximum atomic E-state index is 12.3. The standard InChI is InChI=1S/C13H22O3S/c1-10-5-4-6-11(9-10)13(14)12-7-2-3-8-17(12,15)16/h10-12H,2-9H2,1H3. The summed E-state index contributed by atoms with van der Waals surface area (Å²) in [5.74, 6) is 0.822. The van der Waals surface area contributed by atoms with Gasteiger partial charge in [-0.05, 0) is 31.6 Å². The van der Waals surface area contributed by atoms with Crippen LogP contribution in [-0.4, -0.2) is 25.2 Å². The summed E-state index contributed by atoms with van der Waals surface area (Å²) in [6.45, 7) is 2.16. The largest absolute Gasteiger partial charge is 0.298 e. The van der Waals surface area contributed by atoms with Gasteiger partial charge in [-0.15, -0.1) is 0 Å². The molecule has 0 radical (unpaired) electrons. The van der Waals surface area contributed by atoms with Gasteiger partial charge in [-0.3, -0.25) is 4.79 Å². The highest BCUT2D eigenvalue weighted by molar-refractivity contribution is 7.92. The number of hydrogen-bond acceptors (Lipinski definition) is 3. The number of Topliss-reactive ketones (excluding diaryl/α,β-unsaturated/α-hetero) is 1. The minimum atomic E-state index is -3.14. The van der Waals surface area contributed by atoms with Gasteiger partial charge < -0.3 is 0 Å². The Morgan fingerprint density at radius 3 is 2.47 bits per heavy atom. The molecule has 1 aliphatic heterocycles. The van der Waals surface area contributed by atoms with Crippen LogP contribution in [-0.2, 0) is 14.6 Å². The molecule has 0 aromatic carbocycles. The van der Waals surface area contributed by atoms with E-state index in [0.717, 1.165) is 32.1 Å². The maximum absolute atomic E-state index is 12.3. The first-order valence-electron chi connectivity index (χ1n) is 6.76. The predicted octanol–water partition coefficient (Wildman–Crippen LogP) is 2.35. The van der Waals surface area contributed by atoms with Crippen LogP contribution in [0.3, 0.4) is 0 Å². The van der Waals surface area contributed by atoms with Crippen molar-refractivity contribution in [3.8, 4) is 0 Å². The van der Waals surface area contributed by atoms with E-state index in [1.807, 2.05) is 0 Å². The zero-order valence-corrected chi connectivity index (χ0v) is 11.3. The van der Waals surface area contributed by atoms with Crippen LogP contribution in [0.1, 0.15) is 51.9 Å². The minimum Gasteiger partial charge on any atom is -0.298 e. The van der Waals surface area contributed by atoms with E-state index in [0.29, 0.717) is 12.3 Å². The summed E-state index contributed by atoms with van der Waals surface area (Å²) in [6, 6.07) is 0. The molecule has 3 atom stereocenters. The van der Waals surface area contributed by atoms with Crippen molar-refractivity contribution in [2.45, 2.75) is 57.1 Å². The lowest BCUT2D eigenvalue weighted by Gasteiger charge is -2.30. The lowest BCUT2D eigenvalue weighted by molar-refractivity contribution is -0.124. The van der Waals surface area contributed by atoms with Crippen molar-refractivity contribution < 1.29 is 13.2 Å². The van der Waals surface area contributed by atoms with Gasteiger partial charge in [-0.2, -0.15) is 0 Å². The molecule has 1 saturated carbocycles. The van der Waals surface area contributed by atoms with Crippen molar-refractivity contribution in [1.82, 2.24) is 0 Å². The Kier molecular flexibility index (Phi) is 3.91. The van der Waals surface area contributed by atoms with Gasteiger partial charge in [-0.1, -0.05) is 26.2 Å². The molecular formula is C13H22O3S. The molecule has 3 unspecified atom stereocenters. The summed E-state index contributed by atoms with van der Waals surface area (Å²) in [5.41, 5.74) is 0. The molecule has 1 heterocycles. The smallest absolute Gasteiger partial charge is 0.160 e. The van der Waals surface area contributed by atoms with Crippen LogP contribution in [0.5, 0.6) is 0 Å². The van der Waals surface area contributed by atoms with Gasteiger partial charge in [0.15, 0.2) is 15.6 Å². The van der Waals surface area contributed by atoms with Gasteiger partial charge in [-0.25, -0.2) is 8.42 Å². The summed E-state index contributed by atoms with van der Waals surface area (Å²) >= 11 is 0. The van der Waals surface area contributed by atoms with Crippen LogP contribution in [0.4, 0.5) is 0 Å². The molecule has 0 amide bonds. The fraction of sp³-hybridized carbons (Fsp3) is 0.923. The van der Waals surface area contributed by atoms with Crippen LogP contribution in [0.25, 0.3) is 0 Å². The van der Waals surface area contributed by atoms with E-state index in [-0.39, 0.29) is 17.5 Å². The number of hydrogen-bond donors (Lipinski definition) is 0. The van der Waals surface area contributed by atoms with Crippen LogP contribution >= 0.6 is 0 Å². The van der Waals surface area contributed by atoms with Gasteiger partial charge in [0.05, 0.1) is 5.75 Å². The van der Waals surface area contributed by atoms with Gasteiger partial charge in [0.2, 0.25) is 0 Å². The van der Waals surface area contributed by atoms with E-state index in [4.69, 9.17) is 0 Å². The first-order chi connectivity index (χ1) is 8.00. The Hall–Kier alpha value is -0.380. The summed E-state index contributed by atoms with van der Waals surface area (Å²) < 4.78 is 23.9. The van der Waals surface area contributed by atoms with Gasteiger partial charge in [0, 0.05) is 5.92 Å². The Balaban J connectivity index is 2.08. The molecule has 4 heteroatoms. The van der Waals surface area contributed by atoms with Crippen molar-refractivity contribution >= 4 is 15.6 Å². The molecule has 0 spiro atoms. The minimum absolute atomic E-state index is 0.0108. The zero-order chi connectivity index (χ0) is 12.5. The molecule has 2 rings (SSSR count). The van der Waals surface area contributed by atoms with Crippen LogP contribution in [0, 0.1) is 11.8 Å². The molecule has 17 heavy (non-hydrogen) atoms. The van der Waals surface area contributed by atoms with Crippen LogP contribution < -0.4 is 0 Å². The third-order valence-corrected chi connectivity index (χ3v) is 6.43. The van der Waals surface area contributed by atoms with Crippen molar-refractivity contribution in [2.24, 2.45) is 11.8 Å². The topological polar surface area (TPSA) is 51.2 Å². The molecule has 0 N–H and O–H groups in total. The molecule has 0 aromatic heterocycles. The van der Waals surface area contributed by atoms with Crippen molar-refractivity contribution in [3.63, 3.8) is 0 Å². The van der Waals surface area contributed by atoms with Gasteiger partial charge in [0.25, 0.3) is 0 Å². The van der Waals surface area contributed by atoms with Crippen molar-refractivity contribution in [1.29, 1.82) is 0 Å². The summed E-state index contributed by atoms with van der Waals surface area (Å²) in [4.78, 5) is 12.3. The lowest BCUT2D eigenvalue weighted by atomic mass is 9.79. The molecule has 1 aliphatic carbocycles. The quantitative estimate of drug-likeness (QED) is 0.764. The second-order valence-corrected chi connectivity index (χ2v) is 8.03. The maximum Gasteiger partial charge on any atom is 0.160 e. The molecular weight excluding hydrogens is 236 g/mol. The fourth-order valence-corrected chi connectivity index (χ4v) is 5.19. The van der Waals surface area contributed by atoms with Crippen LogP contribution in [0.15, 0.2) is 0 Å². The highest BCUT2D eigenvalue weighted by Crippen LogP contribution is 2.33. The van der Waals surface area contributed by atoms with E-state index in [9.17, 15) is 13.2 Å². The van der Waals surface area contributed by atoms with E-state index in [2.05, 4.69) is 6.92 Å². The average molecular weight is 258 g/mol. The van der Waals surface area contributed by atoms with E-state index in [1.54, 1.807) is 0 Å². The number of carbonyl (C=O) groups excluding carboxylic acids is 1. The van der Waals surface area contributed by atoms with Crippen LogP contribution in [0.2, 0.25) is 0 Å². The number of carbonyl (C=O) groups is 1. The molecule has 2 aliphatic rings. The first-order valence-corrected chi connectivity index (χ1v) is 8.47. The highest BCUT2D eigenvalue weighted by atomic mass is 32.2. The SMILES string of the molecule is CC1CCCC(C(=O)C2CCCCS2(=O)=O)C1. The van der Waals surface area contributed by atoms with Gasteiger partial charge in [0.1, 0.15) is 5.25 Å². The third-order valence-electron chi connectivity index (χ3n) is 4.23. The molecule has 3 nitrogen and oxygen atoms in total. The number of sulfone groups is 1. The molecule has 0 aromatic rings. The Labute approximate surface area is 104 Å². The molecule has 98 valence electrons. The second kappa shape index (κ2) is 5.09. The zero-order valence-electron chi connectivity index (χ0n) is 10.5. The summed E-state index contributed by atoms with van der Waals surface area (Å²) in [6.07, 6.45) is 6.22. The summed E-state index contributed by atoms with van der Waals surface area (Å²) in [5, 5.41) is -0.674. The molecule has 2 fully saturated rings. The van der Waals surface area contributed by atoms with Crippen molar-refractivity contribution in [3.05, 3.63) is 0 Å². The van der Waals surface area contributed by atoms with E-state index in [1.165, 1.54) is 6.42 Å². The predicted molar refractivity (Wildman–Crippen MR) is 67.6 cm³/mol. The number of ketones is 1. The fourth-order valence-electron chi connectivity index (χ4n) is 3.23.